The normalized spacial score (nSPS) is 28.9. The minimum absolute atomic E-state index is 0. The first-order chi connectivity index (χ1) is 8.00. The summed E-state index contributed by atoms with van der Waals surface area (Å²) in [4.78, 5) is 0. The fourth-order valence-electron chi connectivity index (χ4n) is 2.49. The first-order valence-corrected chi connectivity index (χ1v) is 7.88. The Labute approximate surface area is 116 Å². The van der Waals surface area contributed by atoms with Gasteiger partial charge < -0.3 is 5.32 Å². The van der Waals surface area contributed by atoms with Crippen LogP contribution in [0.25, 0.3) is 0 Å². The van der Waals surface area contributed by atoms with Crippen molar-refractivity contribution in [2.24, 2.45) is 5.92 Å². The number of hydrogen-bond donors (Lipinski definition) is 1. The van der Waals surface area contributed by atoms with Gasteiger partial charge in [0.1, 0.15) is 0 Å². The molecular formula is C11H24ClN3O2S. The number of nitrogens with one attached hydrogen (secondary N) is 1. The number of piperidine rings is 1. The quantitative estimate of drug-likeness (QED) is 0.815. The van der Waals surface area contributed by atoms with Gasteiger partial charge in [-0.3, -0.25) is 0 Å². The molecule has 2 aliphatic heterocycles. The molecule has 0 aromatic carbocycles. The van der Waals surface area contributed by atoms with Crippen LogP contribution < -0.4 is 5.32 Å². The molecule has 2 rings (SSSR count). The van der Waals surface area contributed by atoms with E-state index < -0.39 is 10.2 Å². The highest BCUT2D eigenvalue weighted by Gasteiger charge is 2.33. The zero-order valence-electron chi connectivity index (χ0n) is 11.1. The lowest BCUT2D eigenvalue weighted by molar-refractivity contribution is 0.244. The van der Waals surface area contributed by atoms with Crippen LogP contribution in [-0.4, -0.2) is 55.8 Å². The summed E-state index contributed by atoms with van der Waals surface area (Å²) in [6.45, 7) is 7.53. The molecule has 1 N–H and O–H groups in total. The van der Waals surface area contributed by atoms with Gasteiger partial charge in [0.2, 0.25) is 0 Å². The Morgan fingerprint density at radius 2 is 1.67 bits per heavy atom. The molecule has 108 valence electrons. The number of nitrogens with zero attached hydrogens (tertiary/aromatic N) is 2. The zero-order valence-corrected chi connectivity index (χ0v) is 12.8. The molecule has 5 nitrogen and oxygen atoms in total. The van der Waals surface area contributed by atoms with Crippen molar-refractivity contribution in [3.8, 4) is 0 Å². The lowest BCUT2D eigenvalue weighted by atomic mass is 10.0. The summed E-state index contributed by atoms with van der Waals surface area (Å²) in [6.07, 6.45) is 1.97. The first-order valence-electron chi connectivity index (χ1n) is 6.49. The molecule has 0 bridgehead atoms. The SMILES string of the molecule is CC1CCN(S(=O)(=O)N2CCN[C@H](C)C2)CC1.Cl. The summed E-state index contributed by atoms with van der Waals surface area (Å²) in [5, 5.41) is 3.27. The first kappa shape index (κ1) is 16.2. The van der Waals surface area contributed by atoms with Crippen LogP contribution >= 0.6 is 12.4 Å². The second-order valence-electron chi connectivity index (χ2n) is 5.30. The van der Waals surface area contributed by atoms with Crippen molar-refractivity contribution in [3.05, 3.63) is 0 Å². The van der Waals surface area contributed by atoms with E-state index in [1.807, 2.05) is 6.92 Å². The molecule has 18 heavy (non-hydrogen) atoms. The highest BCUT2D eigenvalue weighted by atomic mass is 35.5. The molecule has 0 spiro atoms. The molecule has 0 aliphatic carbocycles. The maximum Gasteiger partial charge on any atom is 0.282 e. The van der Waals surface area contributed by atoms with E-state index in [9.17, 15) is 8.42 Å². The number of hydrogen-bond acceptors (Lipinski definition) is 3. The van der Waals surface area contributed by atoms with Crippen LogP contribution in [0.5, 0.6) is 0 Å². The minimum Gasteiger partial charge on any atom is -0.312 e. The Bertz CT molecular complexity index is 355. The molecular weight excluding hydrogens is 274 g/mol. The van der Waals surface area contributed by atoms with Crippen molar-refractivity contribution < 1.29 is 8.42 Å². The van der Waals surface area contributed by atoms with Gasteiger partial charge in [0.25, 0.3) is 10.2 Å². The maximum atomic E-state index is 12.4. The largest absolute Gasteiger partial charge is 0.312 e. The van der Waals surface area contributed by atoms with E-state index in [4.69, 9.17) is 0 Å². The Kier molecular flexibility index (Phi) is 5.86. The Morgan fingerprint density at radius 3 is 2.22 bits per heavy atom. The fraction of sp³-hybridized carbons (Fsp3) is 1.00. The van der Waals surface area contributed by atoms with Gasteiger partial charge in [-0.25, -0.2) is 0 Å². The minimum atomic E-state index is -3.21. The molecule has 2 aliphatic rings. The molecule has 0 aromatic rings. The summed E-state index contributed by atoms with van der Waals surface area (Å²) in [6, 6.07) is 0.252. The monoisotopic (exact) mass is 297 g/mol. The van der Waals surface area contributed by atoms with Gasteiger partial charge in [-0.2, -0.15) is 17.0 Å². The maximum absolute atomic E-state index is 12.4. The Morgan fingerprint density at radius 1 is 1.06 bits per heavy atom. The van der Waals surface area contributed by atoms with Gasteiger partial charge in [0.15, 0.2) is 0 Å². The van der Waals surface area contributed by atoms with Gasteiger partial charge in [-0.05, 0) is 25.7 Å². The fourth-order valence-corrected chi connectivity index (χ4v) is 4.22. The summed E-state index contributed by atoms with van der Waals surface area (Å²) in [5.41, 5.74) is 0. The van der Waals surface area contributed by atoms with Crippen LogP contribution in [-0.2, 0) is 10.2 Å². The summed E-state index contributed by atoms with van der Waals surface area (Å²) in [5.74, 6) is 0.656. The van der Waals surface area contributed by atoms with E-state index in [1.54, 1.807) is 8.61 Å². The average molecular weight is 298 g/mol. The van der Waals surface area contributed by atoms with Gasteiger partial charge in [0, 0.05) is 38.8 Å². The van der Waals surface area contributed by atoms with E-state index in [0.717, 1.165) is 19.4 Å². The van der Waals surface area contributed by atoms with E-state index in [1.165, 1.54) is 0 Å². The second kappa shape index (κ2) is 6.52. The van der Waals surface area contributed by atoms with E-state index in [2.05, 4.69) is 12.2 Å². The lowest BCUT2D eigenvalue weighted by Crippen LogP contribution is -2.56. The topological polar surface area (TPSA) is 52.7 Å². The van der Waals surface area contributed by atoms with Crippen molar-refractivity contribution in [2.45, 2.75) is 32.7 Å². The summed E-state index contributed by atoms with van der Waals surface area (Å²) < 4.78 is 28.1. The molecule has 2 heterocycles. The highest BCUT2D eigenvalue weighted by Crippen LogP contribution is 2.21. The van der Waals surface area contributed by atoms with E-state index >= 15 is 0 Å². The Balaban J connectivity index is 0.00000162. The van der Waals surface area contributed by atoms with Gasteiger partial charge in [-0.15, -0.1) is 12.4 Å². The molecule has 0 amide bonds. The molecule has 0 aromatic heterocycles. The van der Waals surface area contributed by atoms with E-state index in [0.29, 0.717) is 32.1 Å². The van der Waals surface area contributed by atoms with Crippen molar-refractivity contribution in [1.29, 1.82) is 0 Å². The predicted octanol–water partition coefficient (Wildman–Crippen LogP) is 0.679. The summed E-state index contributed by atoms with van der Waals surface area (Å²) >= 11 is 0. The number of piperazine rings is 1. The molecule has 0 saturated carbocycles. The number of rotatable bonds is 2. The molecule has 1 atom stereocenters. The zero-order chi connectivity index (χ0) is 12.5. The van der Waals surface area contributed by atoms with Gasteiger partial charge >= 0.3 is 0 Å². The highest BCUT2D eigenvalue weighted by molar-refractivity contribution is 7.86. The third-order valence-electron chi connectivity index (χ3n) is 3.73. The van der Waals surface area contributed by atoms with Crippen molar-refractivity contribution >= 4 is 22.6 Å². The van der Waals surface area contributed by atoms with Crippen LogP contribution in [0.15, 0.2) is 0 Å². The smallest absolute Gasteiger partial charge is 0.282 e. The molecule has 2 fully saturated rings. The molecule has 0 unspecified atom stereocenters. The van der Waals surface area contributed by atoms with E-state index in [-0.39, 0.29) is 18.4 Å². The van der Waals surface area contributed by atoms with Crippen LogP contribution in [0.3, 0.4) is 0 Å². The average Bonchev–Trinajstić information content (AvgIpc) is 2.29. The second-order valence-corrected chi connectivity index (χ2v) is 7.23. The third-order valence-corrected chi connectivity index (χ3v) is 5.73. The Hall–Kier alpha value is 0.120. The van der Waals surface area contributed by atoms with Gasteiger partial charge in [-0.1, -0.05) is 6.92 Å². The standard InChI is InChI=1S/C11H23N3O2S.ClH/c1-10-3-6-13(7-4-10)17(15,16)14-8-5-12-11(2)9-14;/h10-12H,3-9H2,1-2H3;1H/t11-;/m1./s1. The molecule has 2 saturated heterocycles. The van der Waals surface area contributed by atoms with Crippen molar-refractivity contribution in [1.82, 2.24) is 13.9 Å². The van der Waals surface area contributed by atoms with Crippen LogP contribution in [0.1, 0.15) is 26.7 Å². The van der Waals surface area contributed by atoms with Crippen LogP contribution in [0.4, 0.5) is 0 Å². The van der Waals surface area contributed by atoms with Crippen molar-refractivity contribution in [3.63, 3.8) is 0 Å². The van der Waals surface area contributed by atoms with Crippen LogP contribution in [0, 0.1) is 5.92 Å². The lowest BCUT2D eigenvalue weighted by Gasteiger charge is -2.37. The third kappa shape index (κ3) is 3.57. The van der Waals surface area contributed by atoms with Crippen molar-refractivity contribution in [2.75, 3.05) is 32.7 Å². The predicted molar refractivity (Wildman–Crippen MR) is 75.2 cm³/mol. The van der Waals surface area contributed by atoms with Gasteiger partial charge in [0.05, 0.1) is 0 Å². The summed E-state index contributed by atoms with van der Waals surface area (Å²) in [7, 11) is -3.21. The molecule has 0 radical (unpaired) electrons. The molecule has 7 heteroatoms. The van der Waals surface area contributed by atoms with Crippen LogP contribution in [0.2, 0.25) is 0 Å². The number of halogens is 1.